The van der Waals surface area contributed by atoms with E-state index in [2.05, 4.69) is 43.0 Å². The minimum atomic E-state index is 0.121. The topological polar surface area (TPSA) is 17.0 Å². The summed E-state index contributed by atoms with van der Waals surface area (Å²) in [4.78, 5) is 0. The minimum absolute atomic E-state index is 0.121. The van der Waals surface area contributed by atoms with Crippen LogP contribution in [0.5, 0.6) is 0 Å². The normalized spacial score (nSPS) is 12.8. The van der Waals surface area contributed by atoms with Crippen molar-refractivity contribution in [1.82, 2.24) is 4.68 Å². The van der Waals surface area contributed by atoms with Crippen LogP contribution >= 0.6 is 34.5 Å². The number of halogens is 2. The van der Waals surface area contributed by atoms with Crippen LogP contribution in [0, 0.1) is 13.8 Å². The van der Waals surface area contributed by atoms with E-state index in [4.69, 9.17) is 23.2 Å². The van der Waals surface area contributed by atoms with Crippen molar-refractivity contribution >= 4 is 34.5 Å². The molecule has 92 valence electrons. The van der Waals surface area contributed by atoms with Crippen molar-refractivity contribution in [2.24, 2.45) is 0 Å². The van der Waals surface area contributed by atoms with Crippen LogP contribution < -0.4 is 5.43 Å². The zero-order chi connectivity index (χ0) is 12.6. The van der Waals surface area contributed by atoms with Crippen molar-refractivity contribution in [3.63, 3.8) is 0 Å². The van der Waals surface area contributed by atoms with Crippen molar-refractivity contribution in [3.8, 4) is 0 Å². The molecule has 0 bridgehead atoms. The van der Waals surface area contributed by atoms with Gasteiger partial charge in [0.05, 0.1) is 14.7 Å². The van der Waals surface area contributed by atoms with Crippen LogP contribution in [0.4, 0.5) is 0 Å². The Morgan fingerprint density at radius 2 is 1.82 bits per heavy atom. The van der Waals surface area contributed by atoms with Gasteiger partial charge in [0.2, 0.25) is 0 Å². The third kappa shape index (κ3) is 2.62. The Hall–Kier alpha value is -0.640. The summed E-state index contributed by atoms with van der Waals surface area (Å²) in [6.07, 6.45) is 0. The van der Waals surface area contributed by atoms with E-state index < -0.39 is 0 Å². The van der Waals surface area contributed by atoms with Crippen LogP contribution in [0.3, 0.4) is 0 Å². The van der Waals surface area contributed by atoms with Crippen LogP contribution in [-0.4, -0.2) is 4.68 Å². The fourth-order valence-electron chi connectivity index (χ4n) is 1.78. The van der Waals surface area contributed by atoms with Gasteiger partial charge in [-0.1, -0.05) is 23.2 Å². The second-order valence-corrected chi connectivity index (χ2v) is 6.37. The molecule has 1 atom stereocenters. The molecule has 1 unspecified atom stereocenters. The summed E-state index contributed by atoms with van der Waals surface area (Å²) in [5, 5.41) is 0. The first-order chi connectivity index (χ1) is 7.99. The summed E-state index contributed by atoms with van der Waals surface area (Å²) >= 11 is 13.5. The summed E-state index contributed by atoms with van der Waals surface area (Å²) in [6, 6.07) is 6.20. The summed E-state index contributed by atoms with van der Waals surface area (Å²) < 4.78 is 3.53. The monoisotopic (exact) mass is 288 g/mol. The third-order valence-electron chi connectivity index (χ3n) is 2.74. The van der Waals surface area contributed by atoms with Gasteiger partial charge in [-0.25, -0.2) is 0 Å². The lowest BCUT2D eigenvalue weighted by molar-refractivity contribution is 0.701. The highest BCUT2D eigenvalue weighted by Crippen LogP contribution is 2.35. The standard InChI is InChI=1S/C12H14Cl2N2S/c1-7-4-5-8(2)16(7)15-9(3)10-6-11(13)17-12(10)14/h4-6,9,15H,1-3H3. The maximum absolute atomic E-state index is 6.14. The van der Waals surface area contributed by atoms with Crippen LogP contribution in [-0.2, 0) is 0 Å². The number of aryl methyl sites for hydroxylation is 2. The van der Waals surface area contributed by atoms with E-state index in [-0.39, 0.29) is 6.04 Å². The van der Waals surface area contributed by atoms with Gasteiger partial charge in [-0.05, 0) is 39.0 Å². The first kappa shape index (κ1) is 12.8. The zero-order valence-electron chi connectivity index (χ0n) is 9.92. The molecular formula is C12H14Cl2N2S. The highest BCUT2D eigenvalue weighted by Gasteiger charge is 2.14. The number of aromatic nitrogens is 1. The molecule has 0 amide bonds. The van der Waals surface area contributed by atoms with Gasteiger partial charge in [-0.15, -0.1) is 11.3 Å². The van der Waals surface area contributed by atoms with Gasteiger partial charge in [-0.2, -0.15) is 0 Å². The Balaban J connectivity index is 2.22. The van der Waals surface area contributed by atoms with Crippen molar-refractivity contribution in [2.45, 2.75) is 26.8 Å². The fourth-order valence-corrected chi connectivity index (χ4v) is 3.43. The van der Waals surface area contributed by atoms with Crippen molar-refractivity contribution in [1.29, 1.82) is 0 Å². The molecule has 5 heteroatoms. The summed E-state index contributed by atoms with van der Waals surface area (Å²) in [7, 11) is 0. The molecule has 2 heterocycles. The fraction of sp³-hybridized carbons (Fsp3) is 0.333. The van der Waals surface area contributed by atoms with Gasteiger partial charge in [0.1, 0.15) is 0 Å². The molecule has 0 spiro atoms. The number of nitrogens with zero attached hydrogens (tertiary/aromatic N) is 1. The maximum Gasteiger partial charge on any atom is 0.0997 e. The minimum Gasteiger partial charge on any atom is -0.319 e. The van der Waals surface area contributed by atoms with Crippen LogP contribution in [0.25, 0.3) is 0 Å². The Morgan fingerprint density at radius 3 is 2.29 bits per heavy atom. The van der Waals surface area contributed by atoms with E-state index >= 15 is 0 Å². The molecule has 1 N–H and O–H groups in total. The predicted molar refractivity (Wildman–Crippen MR) is 76.0 cm³/mol. The summed E-state index contributed by atoms with van der Waals surface area (Å²) in [6.45, 7) is 6.20. The Bertz CT molecular complexity index is 511. The van der Waals surface area contributed by atoms with Gasteiger partial charge >= 0.3 is 0 Å². The molecule has 2 aromatic heterocycles. The molecule has 0 aliphatic heterocycles. The molecular weight excluding hydrogens is 275 g/mol. The van der Waals surface area contributed by atoms with Gasteiger partial charge in [0, 0.05) is 17.0 Å². The second kappa shape index (κ2) is 4.92. The molecule has 0 radical (unpaired) electrons. The lowest BCUT2D eigenvalue weighted by Gasteiger charge is -2.19. The van der Waals surface area contributed by atoms with E-state index in [1.807, 2.05) is 6.07 Å². The predicted octanol–water partition coefficient (Wildman–Crippen LogP) is 4.78. The van der Waals surface area contributed by atoms with Crippen LogP contribution in [0.2, 0.25) is 8.67 Å². The maximum atomic E-state index is 6.14. The average Bonchev–Trinajstić information content (AvgIpc) is 2.74. The number of nitrogens with one attached hydrogen (secondary N) is 1. The van der Waals surface area contributed by atoms with Crippen molar-refractivity contribution in [2.75, 3.05) is 5.43 Å². The Labute approximate surface area is 115 Å². The number of thiophene rings is 1. The van der Waals surface area contributed by atoms with E-state index in [0.717, 1.165) is 14.2 Å². The average molecular weight is 289 g/mol. The number of hydrogen-bond acceptors (Lipinski definition) is 2. The summed E-state index contributed by atoms with van der Waals surface area (Å²) in [5.41, 5.74) is 6.79. The van der Waals surface area contributed by atoms with Crippen molar-refractivity contribution < 1.29 is 0 Å². The summed E-state index contributed by atoms with van der Waals surface area (Å²) in [5.74, 6) is 0. The molecule has 0 aromatic carbocycles. The van der Waals surface area contributed by atoms with Gasteiger partial charge in [0.25, 0.3) is 0 Å². The van der Waals surface area contributed by atoms with E-state index in [0.29, 0.717) is 0 Å². The van der Waals surface area contributed by atoms with E-state index in [1.54, 1.807) is 0 Å². The molecule has 2 aromatic rings. The lowest BCUT2D eigenvalue weighted by atomic mass is 10.2. The molecule has 0 aliphatic rings. The lowest BCUT2D eigenvalue weighted by Crippen LogP contribution is -2.20. The third-order valence-corrected chi connectivity index (χ3v) is 4.26. The molecule has 0 fully saturated rings. The van der Waals surface area contributed by atoms with Gasteiger partial charge in [0.15, 0.2) is 0 Å². The van der Waals surface area contributed by atoms with Gasteiger partial charge in [-0.3, -0.25) is 4.68 Å². The number of hydrogen-bond donors (Lipinski definition) is 1. The molecule has 0 aliphatic carbocycles. The zero-order valence-corrected chi connectivity index (χ0v) is 12.2. The molecule has 2 nitrogen and oxygen atoms in total. The Kier molecular flexibility index (Phi) is 3.71. The second-order valence-electron chi connectivity index (χ2n) is 4.08. The van der Waals surface area contributed by atoms with Gasteiger partial charge < -0.3 is 5.43 Å². The van der Waals surface area contributed by atoms with E-state index in [1.165, 1.54) is 22.7 Å². The van der Waals surface area contributed by atoms with Crippen LogP contribution in [0.1, 0.15) is 29.9 Å². The largest absolute Gasteiger partial charge is 0.319 e. The van der Waals surface area contributed by atoms with Crippen LogP contribution in [0.15, 0.2) is 18.2 Å². The highest BCUT2D eigenvalue weighted by molar-refractivity contribution is 7.20. The highest BCUT2D eigenvalue weighted by atomic mass is 35.5. The smallest absolute Gasteiger partial charge is 0.0997 e. The molecule has 2 rings (SSSR count). The number of rotatable bonds is 3. The van der Waals surface area contributed by atoms with E-state index in [9.17, 15) is 0 Å². The first-order valence-electron chi connectivity index (χ1n) is 5.35. The quantitative estimate of drug-likeness (QED) is 0.860. The molecule has 17 heavy (non-hydrogen) atoms. The van der Waals surface area contributed by atoms with Crippen molar-refractivity contribution in [3.05, 3.63) is 43.8 Å². The first-order valence-corrected chi connectivity index (χ1v) is 6.92. The molecule has 0 saturated carbocycles. The Morgan fingerprint density at radius 1 is 1.24 bits per heavy atom. The molecule has 0 saturated heterocycles. The SMILES string of the molecule is Cc1ccc(C)n1NC(C)c1cc(Cl)sc1Cl.